The summed E-state index contributed by atoms with van der Waals surface area (Å²) >= 11 is 0. The Hall–Kier alpha value is -0.290. The second-order valence-electron chi connectivity index (χ2n) is 3.77. The van der Waals surface area contributed by atoms with E-state index in [1.54, 1.807) is 0 Å². The van der Waals surface area contributed by atoms with E-state index in [0.29, 0.717) is 13.1 Å². The molecule has 2 fully saturated rings. The van der Waals surface area contributed by atoms with Crippen LogP contribution in [0.1, 0.15) is 0 Å². The number of rotatable bonds is 0. The summed E-state index contributed by atoms with van der Waals surface area (Å²) in [6.07, 6.45) is -5.69. The molecule has 0 aliphatic carbocycles. The van der Waals surface area contributed by atoms with Crippen molar-refractivity contribution in [3.8, 4) is 0 Å². The Bertz CT molecular complexity index is 197. The van der Waals surface area contributed by atoms with Crippen molar-refractivity contribution >= 4 is 0 Å². The third-order valence-electron chi connectivity index (χ3n) is 2.56. The van der Waals surface area contributed by atoms with Crippen LogP contribution in [0.25, 0.3) is 0 Å². The first-order valence-electron chi connectivity index (χ1n) is 3.81. The standard InChI is InChI=1S/C7H10F3NO/c1-11-2-6(3-11)4-12-5(6)7(8,9)10/h5H,2-4H2,1H3. The van der Waals surface area contributed by atoms with Gasteiger partial charge in [-0.1, -0.05) is 0 Å². The van der Waals surface area contributed by atoms with Gasteiger partial charge in [0.2, 0.25) is 0 Å². The van der Waals surface area contributed by atoms with Crippen molar-refractivity contribution in [1.82, 2.24) is 4.90 Å². The van der Waals surface area contributed by atoms with Gasteiger partial charge in [0.25, 0.3) is 0 Å². The summed E-state index contributed by atoms with van der Waals surface area (Å²) in [6.45, 7) is 1.29. The van der Waals surface area contributed by atoms with Gasteiger partial charge in [-0.25, -0.2) is 0 Å². The molecule has 1 unspecified atom stereocenters. The zero-order valence-corrected chi connectivity index (χ0v) is 6.69. The van der Waals surface area contributed by atoms with Crippen LogP contribution in [-0.2, 0) is 4.74 Å². The van der Waals surface area contributed by atoms with E-state index in [1.165, 1.54) is 0 Å². The van der Waals surface area contributed by atoms with Crippen LogP contribution < -0.4 is 0 Å². The summed E-state index contributed by atoms with van der Waals surface area (Å²) in [4.78, 5) is 1.88. The predicted molar refractivity (Wildman–Crippen MR) is 35.7 cm³/mol. The lowest BCUT2D eigenvalue weighted by Gasteiger charge is -2.58. The van der Waals surface area contributed by atoms with E-state index in [1.807, 2.05) is 11.9 Å². The summed E-state index contributed by atoms with van der Waals surface area (Å²) in [5.41, 5.74) is -0.604. The lowest BCUT2D eigenvalue weighted by molar-refractivity contribution is -0.348. The highest BCUT2D eigenvalue weighted by Gasteiger charge is 2.65. The maximum absolute atomic E-state index is 12.2. The van der Waals surface area contributed by atoms with Gasteiger partial charge in [-0.3, -0.25) is 0 Å². The van der Waals surface area contributed by atoms with Crippen LogP contribution in [0.5, 0.6) is 0 Å². The molecule has 2 aliphatic heterocycles. The van der Waals surface area contributed by atoms with Crippen molar-refractivity contribution in [3.63, 3.8) is 0 Å². The molecule has 5 heteroatoms. The lowest BCUT2D eigenvalue weighted by Crippen LogP contribution is -2.73. The smallest absolute Gasteiger partial charge is 0.367 e. The van der Waals surface area contributed by atoms with Crippen LogP contribution in [0.3, 0.4) is 0 Å². The van der Waals surface area contributed by atoms with Crippen molar-refractivity contribution in [2.45, 2.75) is 12.3 Å². The average molecular weight is 181 g/mol. The van der Waals surface area contributed by atoms with Crippen LogP contribution >= 0.6 is 0 Å². The highest BCUT2D eigenvalue weighted by molar-refractivity contribution is 5.07. The van der Waals surface area contributed by atoms with Crippen LogP contribution in [-0.4, -0.2) is 43.9 Å². The van der Waals surface area contributed by atoms with Gasteiger partial charge in [-0.05, 0) is 7.05 Å². The summed E-state index contributed by atoms with van der Waals surface area (Å²) < 4.78 is 41.2. The largest absolute Gasteiger partial charge is 0.415 e. The molecule has 2 saturated heterocycles. The Labute approximate surface area is 68.3 Å². The van der Waals surface area contributed by atoms with E-state index in [2.05, 4.69) is 4.74 Å². The number of ether oxygens (including phenoxy) is 1. The summed E-state index contributed by atoms with van der Waals surface area (Å²) in [6, 6.07) is 0. The van der Waals surface area contributed by atoms with E-state index in [4.69, 9.17) is 0 Å². The molecule has 2 aliphatic rings. The van der Waals surface area contributed by atoms with E-state index in [-0.39, 0.29) is 6.61 Å². The molecule has 0 bridgehead atoms. The molecule has 12 heavy (non-hydrogen) atoms. The quantitative estimate of drug-likeness (QED) is 0.550. The van der Waals surface area contributed by atoms with Gasteiger partial charge in [0.1, 0.15) is 0 Å². The minimum atomic E-state index is -4.18. The third kappa shape index (κ3) is 0.959. The van der Waals surface area contributed by atoms with Crippen molar-refractivity contribution < 1.29 is 17.9 Å². The number of likely N-dealkylation sites (tertiary alicyclic amines) is 1. The molecule has 0 N–H and O–H groups in total. The number of hydrogen-bond donors (Lipinski definition) is 0. The fourth-order valence-corrected chi connectivity index (χ4v) is 2.13. The Morgan fingerprint density at radius 2 is 2.00 bits per heavy atom. The van der Waals surface area contributed by atoms with Crippen LogP contribution in [0.4, 0.5) is 13.2 Å². The molecule has 0 amide bonds. The molecule has 0 aromatic carbocycles. The molecular formula is C7H10F3NO. The van der Waals surface area contributed by atoms with Crippen molar-refractivity contribution in [3.05, 3.63) is 0 Å². The van der Waals surface area contributed by atoms with Crippen molar-refractivity contribution in [2.75, 3.05) is 26.7 Å². The van der Waals surface area contributed by atoms with Gasteiger partial charge in [0.15, 0.2) is 6.10 Å². The summed E-state index contributed by atoms with van der Waals surface area (Å²) in [5, 5.41) is 0. The number of halogens is 3. The Morgan fingerprint density at radius 1 is 1.42 bits per heavy atom. The molecular weight excluding hydrogens is 171 g/mol. The molecule has 2 nitrogen and oxygen atoms in total. The normalized spacial score (nSPS) is 34.5. The lowest BCUT2D eigenvalue weighted by atomic mass is 9.71. The SMILES string of the molecule is CN1CC2(COC2C(F)(F)F)C1. The highest BCUT2D eigenvalue weighted by atomic mass is 19.4. The first-order chi connectivity index (χ1) is 5.44. The fraction of sp³-hybridized carbons (Fsp3) is 1.00. The van der Waals surface area contributed by atoms with Gasteiger partial charge >= 0.3 is 6.18 Å². The minimum absolute atomic E-state index is 0.265. The first-order valence-corrected chi connectivity index (χ1v) is 3.81. The van der Waals surface area contributed by atoms with E-state index >= 15 is 0 Å². The average Bonchev–Trinajstić information content (AvgIpc) is 1.72. The number of hydrogen-bond acceptors (Lipinski definition) is 2. The molecule has 1 atom stereocenters. The first kappa shape index (κ1) is 8.31. The molecule has 1 spiro atoms. The van der Waals surface area contributed by atoms with Crippen molar-refractivity contribution in [2.24, 2.45) is 5.41 Å². The van der Waals surface area contributed by atoms with E-state index < -0.39 is 17.7 Å². The second-order valence-corrected chi connectivity index (χ2v) is 3.77. The summed E-state index contributed by atoms with van der Waals surface area (Å²) in [7, 11) is 1.82. The van der Waals surface area contributed by atoms with Crippen LogP contribution in [0, 0.1) is 5.41 Å². The molecule has 0 aromatic heterocycles. The maximum atomic E-state index is 12.2. The van der Waals surface area contributed by atoms with Gasteiger partial charge in [0, 0.05) is 13.1 Å². The zero-order valence-electron chi connectivity index (χ0n) is 6.69. The Kier molecular flexibility index (Phi) is 1.48. The zero-order chi connectivity index (χ0) is 8.98. The van der Waals surface area contributed by atoms with E-state index in [9.17, 15) is 13.2 Å². The third-order valence-corrected chi connectivity index (χ3v) is 2.56. The summed E-state index contributed by atoms with van der Waals surface area (Å²) in [5.74, 6) is 0. The van der Waals surface area contributed by atoms with Gasteiger partial charge in [0.05, 0.1) is 12.0 Å². The van der Waals surface area contributed by atoms with Crippen LogP contribution in [0.15, 0.2) is 0 Å². The number of nitrogens with zero attached hydrogens (tertiary/aromatic N) is 1. The maximum Gasteiger partial charge on any atom is 0.415 e. The van der Waals surface area contributed by atoms with Gasteiger partial charge < -0.3 is 9.64 Å². The van der Waals surface area contributed by atoms with Gasteiger partial charge in [-0.15, -0.1) is 0 Å². The molecule has 70 valence electrons. The van der Waals surface area contributed by atoms with Crippen molar-refractivity contribution in [1.29, 1.82) is 0 Å². The topological polar surface area (TPSA) is 12.5 Å². The molecule has 2 heterocycles. The molecule has 0 radical (unpaired) electrons. The van der Waals surface area contributed by atoms with E-state index in [0.717, 1.165) is 0 Å². The molecule has 0 aromatic rings. The van der Waals surface area contributed by atoms with Gasteiger partial charge in [-0.2, -0.15) is 13.2 Å². The van der Waals surface area contributed by atoms with Crippen LogP contribution in [0.2, 0.25) is 0 Å². The predicted octanol–water partition coefficient (Wildman–Crippen LogP) is 0.879. The highest BCUT2D eigenvalue weighted by Crippen LogP contribution is 2.49. The monoisotopic (exact) mass is 181 g/mol. The molecule has 0 saturated carbocycles. The fourth-order valence-electron chi connectivity index (χ4n) is 2.13. The molecule has 2 rings (SSSR count). The minimum Gasteiger partial charge on any atom is -0.367 e. The second kappa shape index (κ2) is 2.14. The Morgan fingerprint density at radius 3 is 2.25 bits per heavy atom. The number of alkyl halides is 3. The Balaban J connectivity index is 2.03.